The predicted octanol–water partition coefficient (Wildman–Crippen LogP) is 2.03. The van der Waals surface area contributed by atoms with Gasteiger partial charge in [0.1, 0.15) is 11.5 Å². The van der Waals surface area contributed by atoms with Crippen LogP contribution in [-0.2, 0) is 0 Å². The number of hydrogen-bond donors (Lipinski definition) is 1. The third-order valence-corrected chi connectivity index (χ3v) is 1.90. The molecule has 0 aliphatic carbocycles. The number of rotatable bonds is 2. The summed E-state index contributed by atoms with van der Waals surface area (Å²) < 4.78 is 12.6. The molecule has 1 heterocycles. The molecule has 0 atom stereocenters. The van der Waals surface area contributed by atoms with E-state index in [-0.39, 0.29) is 5.82 Å². The van der Waals surface area contributed by atoms with Gasteiger partial charge in [-0.15, -0.1) is 0 Å². The lowest BCUT2D eigenvalue weighted by Gasteiger charge is -1.96. The molecule has 0 spiro atoms. The van der Waals surface area contributed by atoms with Gasteiger partial charge in [0.05, 0.1) is 12.0 Å². The van der Waals surface area contributed by atoms with Crippen molar-refractivity contribution in [3.05, 3.63) is 42.1 Å². The first kappa shape index (κ1) is 8.62. The van der Waals surface area contributed by atoms with Crippen LogP contribution in [0.5, 0.6) is 0 Å². The van der Waals surface area contributed by atoms with Crippen molar-refractivity contribution >= 4 is 6.29 Å². The second-order valence-electron chi connectivity index (χ2n) is 2.79. The van der Waals surface area contributed by atoms with E-state index in [0.717, 1.165) is 5.56 Å². The van der Waals surface area contributed by atoms with E-state index in [0.29, 0.717) is 17.7 Å². The van der Waals surface area contributed by atoms with E-state index in [1.165, 1.54) is 18.5 Å². The Kier molecular flexibility index (Phi) is 2.10. The van der Waals surface area contributed by atoms with Crippen molar-refractivity contribution < 1.29 is 9.18 Å². The highest BCUT2D eigenvalue weighted by Crippen LogP contribution is 2.19. The topological polar surface area (TPSA) is 45.8 Å². The maximum absolute atomic E-state index is 12.6. The summed E-state index contributed by atoms with van der Waals surface area (Å²) in [5.74, 6) is -0.308. The van der Waals surface area contributed by atoms with Gasteiger partial charge in [0.2, 0.25) is 0 Å². The molecule has 0 amide bonds. The van der Waals surface area contributed by atoms with Crippen LogP contribution in [-0.4, -0.2) is 16.3 Å². The molecular formula is C10H7FN2O. The minimum atomic E-state index is -0.308. The number of nitrogens with zero attached hydrogens (tertiary/aromatic N) is 1. The Labute approximate surface area is 79.6 Å². The molecule has 14 heavy (non-hydrogen) atoms. The molecule has 1 aromatic heterocycles. The number of aldehydes is 1. The van der Waals surface area contributed by atoms with Gasteiger partial charge < -0.3 is 4.98 Å². The molecule has 0 aliphatic heterocycles. The first-order valence-corrected chi connectivity index (χ1v) is 4.06. The SMILES string of the molecule is O=Cc1[nH]cnc1-c1ccc(F)cc1. The van der Waals surface area contributed by atoms with Gasteiger partial charge in [-0.25, -0.2) is 9.37 Å². The average Bonchev–Trinajstić information content (AvgIpc) is 2.67. The van der Waals surface area contributed by atoms with Gasteiger partial charge in [0, 0.05) is 5.56 Å². The first-order valence-electron chi connectivity index (χ1n) is 4.06. The lowest BCUT2D eigenvalue weighted by molar-refractivity contribution is 0.112. The highest BCUT2D eigenvalue weighted by Gasteiger charge is 2.06. The highest BCUT2D eigenvalue weighted by molar-refractivity contribution is 5.83. The lowest BCUT2D eigenvalue weighted by Crippen LogP contribution is -1.85. The third kappa shape index (κ3) is 1.42. The average molecular weight is 190 g/mol. The summed E-state index contributed by atoms with van der Waals surface area (Å²) in [4.78, 5) is 17.3. The molecule has 0 fully saturated rings. The Bertz CT molecular complexity index is 447. The molecule has 0 saturated heterocycles. The molecule has 1 aromatic carbocycles. The van der Waals surface area contributed by atoms with E-state index < -0.39 is 0 Å². The van der Waals surface area contributed by atoms with E-state index in [2.05, 4.69) is 9.97 Å². The molecule has 3 nitrogen and oxygen atoms in total. The summed E-state index contributed by atoms with van der Waals surface area (Å²) >= 11 is 0. The number of hydrogen-bond acceptors (Lipinski definition) is 2. The monoisotopic (exact) mass is 190 g/mol. The van der Waals surface area contributed by atoms with Crippen molar-refractivity contribution in [2.45, 2.75) is 0 Å². The molecular weight excluding hydrogens is 183 g/mol. The summed E-state index contributed by atoms with van der Waals surface area (Å²) in [5, 5.41) is 0. The van der Waals surface area contributed by atoms with Gasteiger partial charge in [0.25, 0.3) is 0 Å². The van der Waals surface area contributed by atoms with Crippen LogP contribution in [0.25, 0.3) is 11.3 Å². The van der Waals surface area contributed by atoms with Gasteiger partial charge in [-0.2, -0.15) is 0 Å². The lowest BCUT2D eigenvalue weighted by atomic mass is 10.1. The number of nitrogens with one attached hydrogen (secondary N) is 1. The molecule has 0 unspecified atom stereocenters. The van der Waals surface area contributed by atoms with Gasteiger partial charge in [-0.1, -0.05) is 0 Å². The molecule has 0 radical (unpaired) electrons. The van der Waals surface area contributed by atoms with Crippen molar-refractivity contribution in [1.82, 2.24) is 9.97 Å². The Balaban J connectivity index is 2.49. The number of aromatic nitrogens is 2. The number of H-pyrrole nitrogens is 1. The van der Waals surface area contributed by atoms with Crippen LogP contribution in [0.15, 0.2) is 30.6 Å². The number of carbonyl (C=O) groups excluding carboxylic acids is 1. The van der Waals surface area contributed by atoms with Crippen LogP contribution in [0.3, 0.4) is 0 Å². The zero-order valence-corrected chi connectivity index (χ0v) is 7.20. The molecule has 1 N–H and O–H groups in total. The van der Waals surface area contributed by atoms with Gasteiger partial charge in [-0.05, 0) is 24.3 Å². The van der Waals surface area contributed by atoms with Gasteiger partial charge in [0.15, 0.2) is 6.29 Å². The molecule has 4 heteroatoms. The zero-order valence-electron chi connectivity index (χ0n) is 7.20. The Morgan fingerprint density at radius 2 is 2.00 bits per heavy atom. The van der Waals surface area contributed by atoms with Crippen LogP contribution in [0.2, 0.25) is 0 Å². The van der Waals surface area contributed by atoms with E-state index in [9.17, 15) is 9.18 Å². The van der Waals surface area contributed by atoms with Crippen molar-refractivity contribution in [3.63, 3.8) is 0 Å². The number of imidazole rings is 1. The molecule has 70 valence electrons. The van der Waals surface area contributed by atoms with Crippen molar-refractivity contribution in [1.29, 1.82) is 0 Å². The maximum atomic E-state index is 12.6. The molecule has 0 aliphatic rings. The second kappa shape index (κ2) is 3.41. The van der Waals surface area contributed by atoms with Crippen LogP contribution in [0, 0.1) is 5.82 Å². The van der Waals surface area contributed by atoms with Crippen molar-refractivity contribution in [2.24, 2.45) is 0 Å². The number of halogens is 1. The van der Waals surface area contributed by atoms with E-state index >= 15 is 0 Å². The second-order valence-corrected chi connectivity index (χ2v) is 2.79. The molecule has 0 saturated carbocycles. The first-order chi connectivity index (χ1) is 6.81. The smallest absolute Gasteiger partial charge is 0.168 e. The molecule has 0 bridgehead atoms. The van der Waals surface area contributed by atoms with E-state index in [4.69, 9.17) is 0 Å². The fourth-order valence-corrected chi connectivity index (χ4v) is 1.23. The fraction of sp³-hybridized carbons (Fsp3) is 0. The third-order valence-electron chi connectivity index (χ3n) is 1.90. The van der Waals surface area contributed by atoms with E-state index in [1.807, 2.05) is 0 Å². The summed E-state index contributed by atoms with van der Waals surface area (Å²) in [7, 11) is 0. The van der Waals surface area contributed by atoms with Crippen molar-refractivity contribution in [2.75, 3.05) is 0 Å². The molecule has 2 rings (SSSR count). The minimum absolute atomic E-state index is 0.308. The highest BCUT2D eigenvalue weighted by atomic mass is 19.1. The summed E-state index contributed by atoms with van der Waals surface area (Å²) in [6.45, 7) is 0. The summed E-state index contributed by atoms with van der Waals surface area (Å²) in [6.07, 6.45) is 2.12. The van der Waals surface area contributed by atoms with E-state index in [1.54, 1.807) is 12.1 Å². The minimum Gasteiger partial charge on any atom is -0.342 e. The number of benzene rings is 1. The quantitative estimate of drug-likeness (QED) is 0.736. The van der Waals surface area contributed by atoms with Gasteiger partial charge in [-0.3, -0.25) is 4.79 Å². The zero-order chi connectivity index (χ0) is 9.97. The van der Waals surface area contributed by atoms with Crippen LogP contribution < -0.4 is 0 Å². The Morgan fingerprint density at radius 3 is 2.64 bits per heavy atom. The Hall–Kier alpha value is -1.97. The van der Waals surface area contributed by atoms with Crippen LogP contribution >= 0.6 is 0 Å². The number of aromatic amines is 1. The predicted molar refractivity (Wildman–Crippen MR) is 49.4 cm³/mol. The van der Waals surface area contributed by atoms with Crippen molar-refractivity contribution in [3.8, 4) is 11.3 Å². The summed E-state index contributed by atoms with van der Waals surface area (Å²) in [5.41, 5.74) is 1.66. The molecule has 2 aromatic rings. The van der Waals surface area contributed by atoms with Crippen LogP contribution in [0.1, 0.15) is 10.5 Å². The fourth-order valence-electron chi connectivity index (χ4n) is 1.23. The van der Waals surface area contributed by atoms with Gasteiger partial charge >= 0.3 is 0 Å². The summed E-state index contributed by atoms with van der Waals surface area (Å²) in [6, 6.07) is 5.83. The van der Waals surface area contributed by atoms with Crippen LogP contribution in [0.4, 0.5) is 4.39 Å². The standard InChI is InChI=1S/C10H7FN2O/c11-8-3-1-7(2-4-8)10-9(5-14)12-6-13-10/h1-6H,(H,12,13). The normalized spacial score (nSPS) is 10.1. The maximum Gasteiger partial charge on any atom is 0.168 e. The Morgan fingerprint density at radius 1 is 1.29 bits per heavy atom. The number of carbonyl (C=O) groups is 1. The largest absolute Gasteiger partial charge is 0.342 e.